The molecule has 2 unspecified atom stereocenters. The summed E-state index contributed by atoms with van der Waals surface area (Å²) in [5, 5.41) is 0. The van der Waals surface area contributed by atoms with Crippen molar-refractivity contribution in [2.45, 2.75) is 47.1 Å². The van der Waals surface area contributed by atoms with E-state index in [0.717, 1.165) is 12.0 Å². The normalized spacial score (nSPS) is 37.1. The Bertz CT molecular complexity index is 722. The highest BCUT2D eigenvalue weighted by Crippen LogP contribution is 2.59. The fourth-order valence-corrected chi connectivity index (χ4v) is 5.11. The zero-order chi connectivity index (χ0) is 17.9. The summed E-state index contributed by atoms with van der Waals surface area (Å²) in [6.45, 7) is 9.51. The minimum atomic E-state index is -0.499. The van der Waals surface area contributed by atoms with E-state index in [-0.39, 0.29) is 23.5 Å². The van der Waals surface area contributed by atoms with Gasteiger partial charge >= 0.3 is 5.97 Å². The van der Waals surface area contributed by atoms with E-state index >= 15 is 0 Å². The van der Waals surface area contributed by atoms with Gasteiger partial charge in [-0.1, -0.05) is 32.9 Å². The van der Waals surface area contributed by atoms with E-state index < -0.39 is 22.9 Å². The van der Waals surface area contributed by atoms with E-state index in [2.05, 4.69) is 19.9 Å². The van der Waals surface area contributed by atoms with Gasteiger partial charge in [-0.15, -0.1) is 0 Å². The molecule has 0 aromatic heterocycles. The van der Waals surface area contributed by atoms with Crippen molar-refractivity contribution in [1.29, 1.82) is 0 Å². The van der Waals surface area contributed by atoms with Crippen molar-refractivity contribution in [3.05, 3.63) is 35.5 Å². The molecule has 4 atom stereocenters. The van der Waals surface area contributed by atoms with Crippen LogP contribution in [0.4, 0.5) is 0 Å². The number of ketones is 2. The molecule has 0 aromatic rings. The lowest BCUT2D eigenvalue weighted by molar-refractivity contribution is -0.155. The SMILES string of the molecule is CC(=O)OC1C(C)=CC[C@H]2C(C)(C)C3C(=O)C=CC(=O)C3=C[C@]12C. The molecule has 0 aromatic carbocycles. The van der Waals surface area contributed by atoms with Gasteiger partial charge in [-0.3, -0.25) is 14.4 Å². The molecule has 0 bridgehead atoms. The summed E-state index contributed by atoms with van der Waals surface area (Å²) in [5.74, 6) is -0.767. The van der Waals surface area contributed by atoms with Crippen molar-refractivity contribution in [2.24, 2.45) is 22.7 Å². The Labute approximate surface area is 142 Å². The van der Waals surface area contributed by atoms with Crippen molar-refractivity contribution < 1.29 is 19.1 Å². The van der Waals surface area contributed by atoms with Crippen LogP contribution in [0.1, 0.15) is 41.0 Å². The molecular formula is C20H24O4. The van der Waals surface area contributed by atoms with Crippen LogP contribution < -0.4 is 0 Å². The Balaban J connectivity index is 2.21. The first-order valence-corrected chi connectivity index (χ1v) is 8.42. The predicted octanol–water partition coefficient (Wildman–Crippen LogP) is 3.18. The van der Waals surface area contributed by atoms with Crippen LogP contribution in [0.2, 0.25) is 0 Å². The molecule has 0 aliphatic heterocycles. The molecule has 4 nitrogen and oxygen atoms in total. The summed E-state index contributed by atoms with van der Waals surface area (Å²) in [6, 6.07) is 0. The Morgan fingerprint density at radius 3 is 2.50 bits per heavy atom. The summed E-state index contributed by atoms with van der Waals surface area (Å²) in [4.78, 5) is 36.6. The molecule has 3 aliphatic carbocycles. The van der Waals surface area contributed by atoms with Crippen LogP contribution in [0.15, 0.2) is 35.5 Å². The van der Waals surface area contributed by atoms with Crippen LogP contribution in [0, 0.1) is 22.7 Å². The molecule has 0 saturated heterocycles. The van der Waals surface area contributed by atoms with E-state index in [0.29, 0.717) is 5.57 Å². The van der Waals surface area contributed by atoms with E-state index in [4.69, 9.17) is 4.74 Å². The van der Waals surface area contributed by atoms with Crippen molar-refractivity contribution in [2.75, 3.05) is 0 Å². The average Bonchev–Trinajstić information content (AvgIpc) is 2.46. The highest BCUT2D eigenvalue weighted by Gasteiger charge is 2.59. The Morgan fingerprint density at radius 2 is 1.88 bits per heavy atom. The van der Waals surface area contributed by atoms with Gasteiger partial charge in [0, 0.05) is 17.9 Å². The van der Waals surface area contributed by atoms with Gasteiger partial charge in [0.1, 0.15) is 6.10 Å². The summed E-state index contributed by atoms with van der Waals surface area (Å²) < 4.78 is 5.65. The minimum absolute atomic E-state index is 0.0109. The van der Waals surface area contributed by atoms with Crippen molar-refractivity contribution in [1.82, 2.24) is 0 Å². The second-order valence-corrected chi connectivity index (χ2v) is 8.05. The average molecular weight is 328 g/mol. The van der Waals surface area contributed by atoms with Crippen LogP contribution in [-0.4, -0.2) is 23.6 Å². The van der Waals surface area contributed by atoms with E-state index in [9.17, 15) is 14.4 Å². The third-order valence-electron chi connectivity index (χ3n) is 6.08. The lowest BCUT2D eigenvalue weighted by Gasteiger charge is -2.56. The number of rotatable bonds is 1. The van der Waals surface area contributed by atoms with Gasteiger partial charge in [0.15, 0.2) is 11.6 Å². The molecule has 24 heavy (non-hydrogen) atoms. The standard InChI is InChI=1S/C20H24O4/c1-11-6-9-16-19(3,4)17-13(14(22)7-8-15(17)23)10-20(16,5)18(11)24-12(2)21/h6-8,10,16-18H,9H2,1-5H3/t16-,17?,18?,20-/m0/s1. The maximum atomic E-state index is 12.5. The van der Waals surface area contributed by atoms with Crippen LogP contribution in [-0.2, 0) is 19.1 Å². The van der Waals surface area contributed by atoms with Crippen LogP contribution in [0.3, 0.4) is 0 Å². The Kier molecular flexibility index (Phi) is 3.70. The summed E-state index contributed by atoms with van der Waals surface area (Å²) in [5.41, 5.74) is 0.658. The van der Waals surface area contributed by atoms with Crippen LogP contribution in [0.25, 0.3) is 0 Å². The maximum Gasteiger partial charge on any atom is 0.303 e. The number of fused-ring (bicyclic) bond motifs is 2. The number of hydrogen-bond donors (Lipinski definition) is 0. The predicted molar refractivity (Wildman–Crippen MR) is 90.0 cm³/mol. The first-order valence-electron chi connectivity index (χ1n) is 8.42. The molecular weight excluding hydrogens is 304 g/mol. The largest absolute Gasteiger partial charge is 0.457 e. The van der Waals surface area contributed by atoms with Gasteiger partial charge < -0.3 is 4.74 Å². The third-order valence-corrected chi connectivity index (χ3v) is 6.08. The van der Waals surface area contributed by atoms with Gasteiger partial charge in [0.2, 0.25) is 0 Å². The van der Waals surface area contributed by atoms with Gasteiger partial charge in [-0.05, 0) is 42.4 Å². The van der Waals surface area contributed by atoms with Crippen molar-refractivity contribution in [3.8, 4) is 0 Å². The summed E-state index contributed by atoms with van der Waals surface area (Å²) >= 11 is 0. The molecule has 3 aliphatic rings. The number of hydrogen-bond acceptors (Lipinski definition) is 4. The smallest absolute Gasteiger partial charge is 0.303 e. The Morgan fingerprint density at radius 1 is 1.21 bits per heavy atom. The molecule has 0 heterocycles. The third kappa shape index (κ3) is 2.23. The minimum Gasteiger partial charge on any atom is -0.457 e. The number of esters is 1. The van der Waals surface area contributed by atoms with E-state index in [1.165, 1.54) is 19.1 Å². The summed E-state index contributed by atoms with van der Waals surface area (Å²) in [7, 11) is 0. The zero-order valence-corrected chi connectivity index (χ0v) is 14.9. The molecule has 0 fully saturated rings. The van der Waals surface area contributed by atoms with Gasteiger partial charge in [0.05, 0.1) is 5.92 Å². The van der Waals surface area contributed by atoms with Crippen molar-refractivity contribution in [3.63, 3.8) is 0 Å². The Hall–Kier alpha value is -1.97. The zero-order valence-electron chi connectivity index (χ0n) is 14.9. The molecule has 4 heteroatoms. The van der Waals surface area contributed by atoms with E-state index in [1.54, 1.807) is 0 Å². The second-order valence-electron chi connectivity index (χ2n) is 8.05. The molecule has 0 N–H and O–H groups in total. The second kappa shape index (κ2) is 5.27. The van der Waals surface area contributed by atoms with Gasteiger partial charge in [0.25, 0.3) is 0 Å². The van der Waals surface area contributed by atoms with Crippen LogP contribution >= 0.6 is 0 Å². The number of allylic oxidation sites excluding steroid dienone is 4. The molecule has 0 amide bonds. The number of carbonyl (C=O) groups excluding carboxylic acids is 3. The van der Waals surface area contributed by atoms with Crippen LogP contribution in [0.5, 0.6) is 0 Å². The molecule has 0 radical (unpaired) electrons. The molecule has 128 valence electrons. The number of ether oxygens (including phenoxy) is 1. The van der Waals surface area contributed by atoms with Crippen molar-refractivity contribution >= 4 is 17.5 Å². The highest BCUT2D eigenvalue weighted by molar-refractivity contribution is 6.16. The van der Waals surface area contributed by atoms with E-state index in [1.807, 2.05) is 19.9 Å². The monoisotopic (exact) mass is 328 g/mol. The number of carbonyl (C=O) groups is 3. The first-order chi connectivity index (χ1) is 11.1. The van der Waals surface area contributed by atoms with Gasteiger partial charge in [-0.25, -0.2) is 0 Å². The fraction of sp³-hybridized carbons (Fsp3) is 0.550. The fourth-order valence-electron chi connectivity index (χ4n) is 5.11. The molecule has 3 rings (SSSR count). The maximum absolute atomic E-state index is 12.5. The summed E-state index contributed by atoms with van der Waals surface area (Å²) in [6.07, 6.45) is 7.18. The molecule has 0 spiro atoms. The lowest BCUT2D eigenvalue weighted by Crippen LogP contribution is -2.56. The lowest BCUT2D eigenvalue weighted by atomic mass is 9.47. The van der Waals surface area contributed by atoms with Gasteiger partial charge in [-0.2, -0.15) is 0 Å². The quantitative estimate of drug-likeness (QED) is 0.548. The first kappa shape index (κ1) is 16.9. The topological polar surface area (TPSA) is 60.4 Å². The highest BCUT2D eigenvalue weighted by atomic mass is 16.5. The molecule has 0 saturated carbocycles.